The van der Waals surface area contributed by atoms with Crippen LogP contribution in [0, 0.1) is 13.8 Å². The third kappa shape index (κ3) is 3.54. The first-order valence-electron chi connectivity index (χ1n) is 8.04. The van der Waals surface area contributed by atoms with E-state index < -0.39 is 0 Å². The molecule has 2 atom stereocenters. The molecule has 2 heteroatoms. The second-order valence-corrected chi connectivity index (χ2v) is 6.19. The van der Waals surface area contributed by atoms with Crippen LogP contribution in [0.4, 0.5) is 0 Å². The zero-order chi connectivity index (χ0) is 14.5. The number of hydrogen-bond donors (Lipinski definition) is 1. The highest BCUT2D eigenvalue weighted by Crippen LogP contribution is 2.36. The van der Waals surface area contributed by atoms with E-state index in [1.807, 2.05) is 0 Å². The average molecular weight is 275 g/mol. The molecule has 1 N–H and O–H groups in total. The predicted octanol–water partition coefficient (Wildman–Crippen LogP) is 4.34. The summed E-state index contributed by atoms with van der Waals surface area (Å²) in [4.78, 5) is 0. The molecule has 0 aromatic heterocycles. The standard InChI is InChI=1S/C18H29NO/c1-5-9-19-16-8-6-7-15(12-16)17-10-14(3)18(20-4)11-13(17)2/h10-11,15-16,19H,5-9,12H2,1-4H3. The molecule has 2 unspecified atom stereocenters. The Balaban J connectivity index is 2.12. The number of rotatable bonds is 5. The smallest absolute Gasteiger partial charge is 0.122 e. The van der Waals surface area contributed by atoms with Gasteiger partial charge in [0.05, 0.1) is 7.11 Å². The van der Waals surface area contributed by atoms with Gasteiger partial charge in [-0.25, -0.2) is 0 Å². The van der Waals surface area contributed by atoms with Crippen molar-refractivity contribution in [3.05, 3.63) is 28.8 Å². The largest absolute Gasteiger partial charge is 0.496 e. The van der Waals surface area contributed by atoms with Crippen molar-refractivity contribution in [3.8, 4) is 5.75 Å². The number of ether oxygens (including phenoxy) is 1. The highest BCUT2D eigenvalue weighted by molar-refractivity contribution is 5.43. The van der Waals surface area contributed by atoms with Crippen LogP contribution in [0.3, 0.4) is 0 Å². The lowest BCUT2D eigenvalue weighted by Gasteiger charge is -2.31. The van der Waals surface area contributed by atoms with Crippen molar-refractivity contribution in [3.63, 3.8) is 0 Å². The summed E-state index contributed by atoms with van der Waals surface area (Å²) in [6.07, 6.45) is 6.52. The van der Waals surface area contributed by atoms with Crippen molar-refractivity contribution in [2.75, 3.05) is 13.7 Å². The molecule has 0 amide bonds. The van der Waals surface area contributed by atoms with E-state index >= 15 is 0 Å². The molecule has 2 nitrogen and oxygen atoms in total. The molecule has 112 valence electrons. The van der Waals surface area contributed by atoms with Gasteiger partial charge in [0, 0.05) is 6.04 Å². The fourth-order valence-corrected chi connectivity index (χ4v) is 3.48. The van der Waals surface area contributed by atoms with Crippen LogP contribution in [0.5, 0.6) is 5.75 Å². The van der Waals surface area contributed by atoms with Gasteiger partial charge >= 0.3 is 0 Å². The zero-order valence-corrected chi connectivity index (χ0v) is 13.5. The summed E-state index contributed by atoms with van der Waals surface area (Å²) in [7, 11) is 1.76. The summed E-state index contributed by atoms with van der Waals surface area (Å²) in [6, 6.07) is 5.25. The molecule has 1 aliphatic rings. The van der Waals surface area contributed by atoms with Crippen LogP contribution >= 0.6 is 0 Å². The summed E-state index contributed by atoms with van der Waals surface area (Å²) in [6.45, 7) is 7.76. The first-order chi connectivity index (χ1) is 9.65. The lowest BCUT2D eigenvalue weighted by molar-refractivity contribution is 0.339. The number of aryl methyl sites for hydroxylation is 2. The van der Waals surface area contributed by atoms with Gasteiger partial charge in [-0.2, -0.15) is 0 Å². The van der Waals surface area contributed by atoms with E-state index in [0.717, 1.165) is 12.3 Å². The van der Waals surface area contributed by atoms with Crippen molar-refractivity contribution in [2.45, 2.75) is 64.8 Å². The molecule has 0 bridgehead atoms. The molecule has 0 heterocycles. The quantitative estimate of drug-likeness (QED) is 0.863. The van der Waals surface area contributed by atoms with Gasteiger partial charge in [-0.3, -0.25) is 0 Å². The Bertz CT molecular complexity index is 441. The van der Waals surface area contributed by atoms with Crippen LogP contribution in [-0.2, 0) is 0 Å². The lowest BCUT2D eigenvalue weighted by Crippen LogP contribution is -2.34. The molecular formula is C18H29NO. The number of nitrogens with one attached hydrogen (secondary N) is 1. The van der Waals surface area contributed by atoms with Gasteiger partial charge in [0.2, 0.25) is 0 Å². The molecule has 1 aromatic carbocycles. The van der Waals surface area contributed by atoms with Gasteiger partial charge in [-0.05, 0) is 74.8 Å². The lowest BCUT2D eigenvalue weighted by atomic mass is 9.79. The molecule has 2 rings (SSSR count). The Hall–Kier alpha value is -1.02. The normalized spacial score (nSPS) is 22.8. The van der Waals surface area contributed by atoms with Gasteiger partial charge in [-0.15, -0.1) is 0 Å². The van der Waals surface area contributed by atoms with E-state index in [4.69, 9.17) is 4.74 Å². The summed E-state index contributed by atoms with van der Waals surface area (Å²) >= 11 is 0. The summed E-state index contributed by atoms with van der Waals surface area (Å²) in [5.74, 6) is 1.73. The first kappa shape index (κ1) is 15.4. The first-order valence-corrected chi connectivity index (χ1v) is 8.04. The van der Waals surface area contributed by atoms with E-state index in [9.17, 15) is 0 Å². The Morgan fingerprint density at radius 2 is 2.00 bits per heavy atom. The fourth-order valence-electron chi connectivity index (χ4n) is 3.48. The highest BCUT2D eigenvalue weighted by atomic mass is 16.5. The molecular weight excluding hydrogens is 246 g/mol. The number of benzene rings is 1. The van der Waals surface area contributed by atoms with Crippen molar-refractivity contribution in [2.24, 2.45) is 0 Å². The molecule has 1 aliphatic carbocycles. The summed E-state index contributed by atoms with van der Waals surface area (Å²) in [5.41, 5.74) is 4.18. The molecule has 0 spiro atoms. The van der Waals surface area contributed by atoms with E-state index in [-0.39, 0.29) is 0 Å². The Kier molecular flexibility index (Phi) is 5.47. The van der Waals surface area contributed by atoms with Crippen LogP contribution in [-0.4, -0.2) is 19.7 Å². The van der Waals surface area contributed by atoms with Crippen LogP contribution in [0.2, 0.25) is 0 Å². The van der Waals surface area contributed by atoms with Gasteiger partial charge in [0.25, 0.3) is 0 Å². The highest BCUT2D eigenvalue weighted by Gasteiger charge is 2.24. The van der Waals surface area contributed by atoms with Crippen LogP contribution in [0.1, 0.15) is 61.6 Å². The molecule has 20 heavy (non-hydrogen) atoms. The van der Waals surface area contributed by atoms with E-state index in [1.54, 1.807) is 7.11 Å². The molecule has 0 aliphatic heterocycles. The SMILES string of the molecule is CCCNC1CCCC(c2cc(C)c(OC)cc2C)C1. The minimum absolute atomic E-state index is 0.704. The third-order valence-corrected chi connectivity index (χ3v) is 4.58. The molecule has 1 saturated carbocycles. The van der Waals surface area contributed by atoms with Gasteiger partial charge in [-0.1, -0.05) is 19.4 Å². The molecule has 0 radical (unpaired) electrons. The van der Waals surface area contributed by atoms with Gasteiger partial charge in [0.15, 0.2) is 0 Å². The van der Waals surface area contributed by atoms with E-state index in [1.165, 1.54) is 48.8 Å². The average Bonchev–Trinajstić information content (AvgIpc) is 2.47. The maximum absolute atomic E-state index is 5.43. The fraction of sp³-hybridized carbons (Fsp3) is 0.667. The second kappa shape index (κ2) is 7.12. The minimum Gasteiger partial charge on any atom is -0.496 e. The van der Waals surface area contributed by atoms with Crippen LogP contribution in [0.15, 0.2) is 12.1 Å². The Labute approximate surface area is 123 Å². The molecule has 1 fully saturated rings. The predicted molar refractivity (Wildman–Crippen MR) is 85.8 cm³/mol. The maximum Gasteiger partial charge on any atom is 0.122 e. The second-order valence-electron chi connectivity index (χ2n) is 6.19. The molecule has 1 aromatic rings. The zero-order valence-electron chi connectivity index (χ0n) is 13.5. The monoisotopic (exact) mass is 275 g/mol. The summed E-state index contributed by atoms with van der Waals surface area (Å²) in [5, 5.41) is 3.70. The topological polar surface area (TPSA) is 21.3 Å². The third-order valence-electron chi connectivity index (χ3n) is 4.58. The van der Waals surface area contributed by atoms with Crippen LogP contribution < -0.4 is 10.1 Å². The number of methoxy groups -OCH3 is 1. The van der Waals surface area contributed by atoms with Crippen LogP contribution in [0.25, 0.3) is 0 Å². The van der Waals surface area contributed by atoms with Crippen molar-refractivity contribution < 1.29 is 4.74 Å². The van der Waals surface area contributed by atoms with Crippen molar-refractivity contribution >= 4 is 0 Å². The maximum atomic E-state index is 5.43. The Morgan fingerprint density at radius 1 is 1.20 bits per heavy atom. The van der Waals surface area contributed by atoms with Gasteiger partial charge < -0.3 is 10.1 Å². The molecule has 0 saturated heterocycles. The van der Waals surface area contributed by atoms with Gasteiger partial charge in [0.1, 0.15) is 5.75 Å². The van der Waals surface area contributed by atoms with E-state index in [0.29, 0.717) is 12.0 Å². The van der Waals surface area contributed by atoms with E-state index in [2.05, 4.69) is 38.2 Å². The van der Waals surface area contributed by atoms with Crippen molar-refractivity contribution in [1.29, 1.82) is 0 Å². The Morgan fingerprint density at radius 3 is 2.70 bits per heavy atom. The van der Waals surface area contributed by atoms with Crippen molar-refractivity contribution in [1.82, 2.24) is 5.32 Å². The number of hydrogen-bond acceptors (Lipinski definition) is 2. The summed E-state index contributed by atoms with van der Waals surface area (Å²) < 4.78 is 5.43. The minimum atomic E-state index is 0.704.